The zero-order chi connectivity index (χ0) is 9.26. The van der Waals surface area contributed by atoms with Gasteiger partial charge in [0, 0.05) is 12.7 Å². The van der Waals surface area contributed by atoms with Gasteiger partial charge in [0.05, 0.1) is 0 Å². The Morgan fingerprint density at radius 3 is 3.23 bits per heavy atom. The average Bonchev–Trinajstić information content (AvgIpc) is 2.17. The number of hydrogen-bond acceptors (Lipinski definition) is 2. The lowest BCUT2D eigenvalue weighted by molar-refractivity contribution is 0.201. The molecular weight excluding hydrogens is 168 g/mol. The summed E-state index contributed by atoms with van der Waals surface area (Å²) in [5.41, 5.74) is 1.02. The molecule has 2 rings (SSSR count). The normalized spacial score (nSPS) is 15.2. The molecule has 0 aromatic carbocycles. The number of amides is 1. The van der Waals surface area contributed by atoms with Crippen LogP contribution in [0.1, 0.15) is 12.0 Å². The fourth-order valence-electron chi connectivity index (χ4n) is 1.59. The Morgan fingerprint density at radius 1 is 1.62 bits per heavy atom. The molecule has 2 heterocycles. The molecule has 1 aromatic heterocycles. The number of carbonyl (C=O) groups is 1. The van der Waals surface area contributed by atoms with E-state index in [1.165, 1.54) is 4.90 Å². The van der Waals surface area contributed by atoms with Crippen molar-refractivity contribution < 1.29 is 9.90 Å². The first-order chi connectivity index (χ1) is 6.29. The number of nitrogens with zero attached hydrogens (tertiary/aromatic N) is 2. The largest absolute Gasteiger partial charge is 0.465 e. The van der Waals surface area contributed by atoms with Gasteiger partial charge in [-0.3, -0.25) is 4.90 Å². The van der Waals surface area contributed by atoms with Crippen molar-refractivity contribution >= 4 is 11.9 Å². The fraction of sp³-hybridized carbons (Fsp3) is 0.333. The first-order valence-electron chi connectivity index (χ1n) is 4.23. The summed E-state index contributed by atoms with van der Waals surface area (Å²) in [7, 11) is 0. The van der Waals surface area contributed by atoms with Crippen LogP contribution in [0, 0.1) is 0 Å². The highest BCUT2D eigenvalue weighted by Gasteiger charge is 2.22. The van der Waals surface area contributed by atoms with E-state index >= 15 is 0 Å². The van der Waals surface area contributed by atoms with Gasteiger partial charge in [-0.2, -0.15) is 0 Å². The van der Waals surface area contributed by atoms with E-state index in [0.29, 0.717) is 12.4 Å². The Morgan fingerprint density at radius 2 is 2.46 bits per heavy atom. The van der Waals surface area contributed by atoms with Gasteiger partial charge in [-0.15, -0.1) is 0 Å². The molecule has 0 bridgehead atoms. The van der Waals surface area contributed by atoms with Crippen LogP contribution in [0.25, 0.3) is 0 Å². The number of fused-ring (bicyclic) bond motifs is 1. The second-order valence-electron chi connectivity index (χ2n) is 3.02. The molecule has 1 amide bonds. The second kappa shape index (κ2) is 3.05. The van der Waals surface area contributed by atoms with Crippen LogP contribution < -0.4 is 4.90 Å². The van der Waals surface area contributed by atoms with Gasteiger partial charge in [-0.1, -0.05) is 6.07 Å². The van der Waals surface area contributed by atoms with Crippen LogP contribution in [-0.4, -0.2) is 22.7 Å². The number of aryl methyl sites for hydroxylation is 1. The van der Waals surface area contributed by atoms with E-state index in [-0.39, 0.29) is 0 Å². The molecule has 0 atom stereocenters. The Kier molecular flexibility index (Phi) is 1.88. The zero-order valence-electron chi connectivity index (χ0n) is 7.10. The zero-order valence-corrected chi connectivity index (χ0v) is 7.10. The molecule has 4 heteroatoms. The molecule has 0 radical (unpaired) electrons. The van der Waals surface area contributed by atoms with Gasteiger partial charge in [0.25, 0.3) is 0 Å². The SMILES string of the molecule is O=C(O)N1CCCc2cccnc21. The summed E-state index contributed by atoms with van der Waals surface area (Å²) in [6, 6.07) is 3.77. The molecule has 0 aliphatic carbocycles. The predicted molar refractivity (Wildman–Crippen MR) is 47.9 cm³/mol. The van der Waals surface area contributed by atoms with Crippen molar-refractivity contribution in [1.82, 2.24) is 4.98 Å². The maximum atomic E-state index is 10.8. The van der Waals surface area contributed by atoms with E-state index in [1.807, 2.05) is 12.1 Å². The third-order valence-corrected chi connectivity index (χ3v) is 2.18. The molecule has 0 saturated heterocycles. The quantitative estimate of drug-likeness (QED) is 0.655. The van der Waals surface area contributed by atoms with Crippen molar-refractivity contribution in [1.29, 1.82) is 0 Å². The number of hydrogen-bond donors (Lipinski definition) is 1. The summed E-state index contributed by atoms with van der Waals surface area (Å²) < 4.78 is 0. The van der Waals surface area contributed by atoms with E-state index in [1.54, 1.807) is 6.20 Å². The molecule has 68 valence electrons. The summed E-state index contributed by atoms with van der Waals surface area (Å²) in [4.78, 5) is 16.2. The topological polar surface area (TPSA) is 53.4 Å². The Hall–Kier alpha value is -1.58. The summed E-state index contributed by atoms with van der Waals surface area (Å²) in [5.74, 6) is 0.598. The highest BCUT2D eigenvalue weighted by atomic mass is 16.4. The lowest BCUT2D eigenvalue weighted by Crippen LogP contribution is -2.34. The van der Waals surface area contributed by atoms with Gasteiger partial charge >= 0.3 is 6.09 Å². The molecule has 1 aliphatic heterocycles. The number of rotatable bonds is 0. The van der Waals surface area contributed by atoms with Crippen molar-refractivity contribution in [3.63, 3.8) is 0 Å². The van der Waals surface area contributed by atoms with Crippen molar-refractivity contribution in [3.8, 4) is 0 Å². The smallest absolute Gasteiger partial charge is 0.413 e. The highest BCUT2D eigenvalue weighted by molar-refractivity contribution is 5.86. The van der Waals surface area contributed by atoms with E-state index in [9.17, 15) is 4.79 Å². The fourth-order valence-corrected chi connectivity index (χ4v) is 1.59. The molecule has 1 aromatic rings. The van der Waals surface area contributed by atoms with Crippen LogP contribution in [0.15, 0.2) is 18.3 Å². The molecule has 1 aliphatic rings. The number of anilines is 1. The molecule has 0 saturated carbocycles. The summed E-state index contributed by atoms with van der Waals surface area (Å²) in [6.07, 6.45) is 2.51. The number of aromatic nitrogens is 1. The third kappa shape index (κ3) is 1.35. The van der Waals surface area contributed by atoms with Crippen molar-refractivity contribution in [2.45, 2.75) is 12.8 Å². The molecule has 0 fully saturated rings. The van der Waals surface area contributed by atoms with Gasteiger partial charge in [-0.05, 0) is 24.5 Å². The minimum atomic E-state index is -0.917. The lowest BCUT2D eigenvalue weighted by Gasteiger charge is -2.25. The van der Waals surface area contributed by atoms with Crippen LogP contribution in [0.5, 0.6) is 0 Å². The van der Waals surface area contributed by atoms with Crippen LogP contribution in [-0.2, 0) is 6.42 Å². The van der Waals surface area contributed by atoms with Crippen molar-refractivity contribution in [3.05, 3.63) is 23.9 Å². The molecule has 4 nitrogen and oxygen atoms in total. The third-order valence-electron chi connectivity index (χ3n) is 2.18. The maximum absolute atomic E-state index is 10.8. The summed E-state index contributed by atoms with van der Waals surface area (Å²) in [5, 5.41) is 8.87. The van der Waals surface area contributed by atoms with Crippen LogP contribution in [0.4, 0.5) is 10.6 Å². The van der Waals surface area contributed by atoms with Crippen LogP contribution in [0.3, 0.4) is 0 Å². The highest BCUT2D eigenvalue weighted by Crippen LogP contribution is 2.23. The second-order valence-corrected chi connectivity index (χ2v) is 3.02. The molecule has 13 heavy (non-hydrogen) atoms. The van der Waals surface area contributed by atoms with Crippen LogP contribution >= 0.6 is 0 Å². The molecule has 1 N–H and O–H groups in total. The Balaban J connectivity index is 2.42. The number of carboxylic acid groups (broad SMARTS) is 1. The van der Waals surface area contributed by atoms with E-state index in [0.717, 1.165) is 18.4 Å². The van der Waals surface area contributed by atoms with Gasteiger partial charge < -0.3 is 5.11 Å². The number of pyridine rings is 1. The first-order valence-corrected chi connectivity index (χ1v) is 4.23. The minimum absolute atomic E-state index is 0.555. The average molecular weight is 178 g/mol. The predicted octanol–water partition coefficient (Wildman–Crippen LogP) is 1.51. The molecule has 0 spiro atoms. The van der Waals surface area contributed by atoms with Crippen molar-refractivity contribution in [2.24, 2.45) is 0 Å². The first kappa shape index (κ1) is 8.04. The maximum Gasteiger partial charge on any atom is 0.413 e. The van der Waals surface area contributed by atoms with Gasteiger partial charge in [0.15, 0.2) is 0 Å². The van der Waals surface area contributed by atoms with Gasteiger partial charge in [-0.25, -0.2) is 9.78 Å². The summed E-state index contributed by atoms with van der Waals surface area (Å²) >= 11 is 0. The Bertz CT molecular complexity index is 338. The van der Waals surface area contributed by atoms with Gasteiger partial charge in [0.2, 0.25) is 0 Å². The standard InChI is InChI=1S/C9H10N2O2/c12-9(13)11-6-2-4-7-3-1-5-10-8(7)11/h1,3,5H,2,4,6H2,(H,12,13). The van der Waals surface area contributed by atoms with Crippen LogP contribution in [0.2, 0.25) is 0 Å². The van der Waals surface area contributed by atoms with E-state index in [2.05, 4.69) is 4.98 Å². The minimum Gasteiger partial charge on any atom is -0.465 e. The molecule has 0 unspecified atom stereocenters. The lowest BCUT2D eigenvalue weighted by atomic mass is 10.1. The van der Waals surface area contributed by atoms with E-state index < -0.39 is 6.09 Å². The Labute approximate surface area is 75.8 Å². The summed E-state index contributed by atoms with van der Waals surface area (Å²) in [6.45, 7) is 0.555. The van der Waals surface area contributed by atoms with Crippen molar-refractivity contribution in [2.75, 3.05) is 11.4 Å². The van der Waals surface area contributed by atoms with Gasteiger partial charge in [0.1, 0.15) is 5.82 Å². The monoisotopic (exact) mass is 178 g/mol. The molecular formula is C9H10N2O2. The van der Waals surface area contributed by atoms with E-state index in [4.69, 9.17) is 5.11 Å².